The minimum atomic E-state index is -0.326. The van der Waals surface area contributed by atoms with Crippen molar-refractivity contribution in [3.8, 4) is 0 Å². The second-order valence-corrected chi connectivity index (χ2v) is 6.76. The van der Waals surface area contributed by atoms with E-state index in [-0.39, 0.29) is 23.4 Å². The second-order valence-electron chi connectivity index (χ2n) is 6.76. The molecule has 0 bridgehead atoms. The monoisotopic (exact) mass is 377 g/mol. The van der Waals surface area contributed by atoms with Gasteiger partial charge < -0.3 is 10.6 Å². The minimum Gasteiger partial charge on any atom is -0.350 e. The summed E-state index contributed by atoms with van der Waals surface area (Å²) in [4.78, 5) is 38.3. The first-order chi connectivity index (χ1) is 13.4. The van der Waals surface area contributed by atoms with E-state index in [0.29, 0.717) is 35.5 Å². The summed E-state index contributed by atoms with van der Waals surface area (Å²) in [5.74, 6) is -0.765. The molecule has 0 fully saturated rings. The van der Waals surface area contributed by atoms with Crippen molar-refractivity contribution in [1.82, 2.24) is 4.90 Å². The van der Waals surface area contributed by atoms with Crippen molar-refractivity contribution in [2.45, 2.75) is 27.2 Å². The smallest absolute Gasteiger partial charge is 0.278 e. The van der Waals surface area contributed by atoms with Crippen molar-refractivity contribution >= 4 is 34.7 Å². The molecule has 0 aliphatic carbocycles. The van der Waals surface area contributed by atoms with Crippen LogP contribution in [0.1, 0.15) is 31.4 Å². The van der Waals surface area contributed by atoms with E-state index in [0.717, 1.165) is 5.56 Å². The van der Waals surface area contributed by atoms with E-state index in [1.807, 2.05) is 38.1 Å². The minimum absolute atomic E-state index is 0.156. The second kappa shape index (κ2) is 8.08. The van der Waals surface area contributed by atoms with Gasteiger partial charge in [0.15, 0.2) is 0 Å². The van der Waals surface area contributed by atoms with Crippen LogP contribution in [0, 0.1) is 6.92 Å². The van der Waals surface area contributed by atoms with Crippen molar-refractivity contribution in [1.29, 1.82) is 0 Å². The molecule has 6 heteroatoms. The van der Waals surface area contributed by atoms with Crippen LogP contribution in [0.25, 0.3) is 5.57 Å². The van der Waals surface area contributed by atoms with Crippen LogP contribution in [0.2, 0.25) is 0 Å². The van der Waals surface area contributed by atoms with Gasteiger partial charge in [0.05, 0.1) is 5.57 Å². The topological polar surface area (TPSA) is 78.5 Å². The SMILES string of the molecule is CCCN1C(=O)C(Nc2ccc(NC(C)=O)cc2)=C(c2ccc(C)cc2)C1=O. The molecular formula is C22H23N3O3. The van der Waals surface area contributed by atoms with Gasteiger partial charge in [-0.05, 0) is 43.2 Å². The van der Waals surface area contributed by atoms with Crippen molar-refractivity contribution in [2.75, 3.05) is 17.2 Å². The first-order valence-corrected chi connectivity index (χ1v) is 9.23. The van der Waals surface area contributed by atoms with Crippen LogP contribution in [0.4, 0.5) is 11.4 Å². The van der Waals surface area contributed by atoms with Crippen LogP contribution in [-0.4, -0.2) is 29.2 Å². The fraction of sp³-hybridized carbons (Fsp3) is 0.227. The molecular weight excluding hydrogens is 354 g/mol. The van der Waals surface area contributed by atoms with E-state index in [4.69, 9.17) is 0 Å². The number of nitrogens with one attached hydrogen (secondary N) is 2. The predicted molar refractivity (Wildman–Crippen MR) is 109 cm³/mol. The van der Waals surface area contributed by atoms with Crippen LogP contribution >= 0.6 is 0 Å². The molecule has 0 saturated carbocycles. The highest BCUT2D eigenvalue weighted by Crippen LogP contribution is 2.31. The number of carbonyl (C=O) groups excluding carboxylic acids is 3. The lowest BCUT2D eigenvalue weighted by Gasteiger charge is -2.14. The molecule has 1 aliphatic rings. The van der Waals surface area contributed by atoms with Gasteiger partial charge in [-0.2, -0.15) is 0 Å². The Kier molecular flexibility index (Phi) is 5.59. The van der Waals surface area contributed by atoms with Crippen LogP contribution in [0.15, 0.2) is 54.2 Å². The van der Waals surface area contributed by atoms with E-state index in [2.05, 4.69) is 10.6 Å². The molecule has 0 aromatic heterocycles. The van der Waals surface area contributed by atoms with E-state index in [1.165, 1.54) is 11.8 Å². The number of rotatable bonds is 6. The molecule has 3 rings (SSSR count). The van der Waals surface area contributed by atoms with Gasteiger partial charge in [-0.3, -0.25) is 19.3 Å². The van der Waals surface area contributed by atoms with E-state index in [1.54, 1.807) is 24.3 Å². The highest BCUT2D eigenvalue weighted by Gasteiger charge is 2.38. The van der Waals surface area contributed by atoms with Gasteiger partial charge in [-0.1, -0.05) is 36.8 Å². The Labute approximate surface area is 164 Å². The van der Waals surface area contributed by atoms with Crippen molar-refractivity contribution in [2.24, 2.45) is 0 Å². The van der Waals surface area contributed by atoms with Crippen molar-refractivity contribution in [3.05, 3.63) is 65.4 Å². The lowest BCUT2D eigenvalue weighted by atomic mass is 10.0. The molecule has 2 N–H and O–H groups in total. The fourth-order valence-corrected chi connectivity index (χ4v) is 3.09. The van der Waals surface area contributed by atoms with Crippen molar-refractivity contribution in [3.63, 3.8) is 0 Å². The number of imide groups is 1. The molecule has 144 valence electrons. The summed E-state index contributed by atoms with van der Waals surface area (Å²) < 4.78 is 0. The number of amides is 3. The zero-order valence-electron chi connectivity index (χ0n) is 16.2. The molecule has 2 aromatic rings. The lowest BCUT2D eigenvalue weighted by Crippen LogP contribution is -2.33. The van der Waals surface area contributed by atoms with E-state index < -0.39 is 0 Å². The number of benzene rings is 2. The maximum absolute atomic E-state index is 12.9. The number of anilines is 2. The fourth-order valence-electron chi connectivity index (χ4n) is 3.09. The maximum Gasteiger partial charge on any atom is 0.278 e. The highest BCUT2D eigenvalue weighted by molar-refractivity contribution is 6.36. The molecule has 6 nitrogen and oxygen atoms in total. The molecule has 0 spiro atoms. The Morgan fingerprint density at radius 1 is 0.929 bits per heavy atom. The number of carbonyl (C=O) groups is 3. The van der Waals surface area contributed by atoms with Crippen LogP contribution < -0.4 is 10.6 Å². The van der Waals surface area contributed by atoms with Crippen LogP contribution in [0.3, 0.4) is 0 Å². The number of nitrogens with zero attached hydrogens (tertiary/aromatic N) is 1. The molecule has 1 aliphatic heterocycles. The van der Waals surface area contributed by atoms with Crippen molar-refractivity contribution < 1.29 is 14.4 Å². The number of hydrogen-bond acceptors (Lipinski definition) is 4. The van der Waals surface area contributed by atoms with Gasteiger partial charge in [0.2, 0.25) is 5.91 Å². The summed E-state index contributed by atoms with van der Waals surface area (Å²) in [6.07, 6.45) is 0.692. The van der Waals surface area contributed by atoms with E-state index in [9.17, 15) is 14.4 Å². The van der Waals surface area contributed by atoms with Gasteiger partial charge in [0.25, 0.3) is 11.8 Å². The summed E-state index contributed by atoms with van der Waals surface area (Å²) in [5.41, 5.74) is 3.76. The number of hydrogen-bond donors (Lipinski definition) is 2. The molecule has 0 radical (unpaired) electrons. The Morgan fingerprint density at radius 2 is 1.54 bits per heavy atom. The third-order valence-corrected chi connectivity index (χ3v) is 4.43. The van der Waals surface area contributed by atoms with E-state index >= 15 is 0 Å². The maximum atomic E-state index is 12.9. The van der Waals surface area contributed by atoms with Gasteiger partial charge in [0.1, 0.15) is 5.70 Å². The van der Waals surface area contributed by atoms with Gasteiger partial charge in [-0.15, -0.1) is 0 Å². The molecule has 0 unspecified atom stereocenters. The van der Waals surface area contributed by atoms with Gasteiger partial charge in [0, 0.05) is 24.8 Å². The predicted octanol–water partition coefficient (Wildman–Crippen LogP) is 3.56. The summed E-state index contributed by atoms with van der Waals surface area (Å²) in [7, 11) is 0. The van der Waals surface area contributed by atoms with Crippen LogP contribution in [0.5, 0.6) is 0 Å². The normalized spacial score (nSPS) is 13.9. The number of aryl methyl sites for hydroxylation is 1. The Balaban J connectivity index is 1.97. The lowest BCUT2D eigenvalue weighted by molar-refractivity contribution is -0.136. The van der Waals surface area contributed by atoms with Crippen LogP contribution in [-0.2, 0) is 14.4 Å². The average Bonchev–Trinajstić information content (AvgIpc) is 2.88. The molecule has 0 saturated heterocycles. The standard InChI is InChI=1S/C22H23N3O3/c1-4-13-25-21(27)19(16-7-5-14(2)6-8-16)20(22(25)28)24-18-11-9-17(10-12-18)23-15(3)26/h5-12,24H,4,13H2,1-3H3,(H,23,26). The summed E-state index contributed by atoms with van der Waals surface area (Å²) in [6.45, 7) is 5.72. The average molecular weight is 377 g/mol. The largest absolute Gasteiger partial charge is 0.350 e. The zero-order chi connectivity index (χ0) is 20.3. The summed E-state index contributed by atoms with van der Waals surface area (Å²) in [5, 5.41) is 5.81. The summed E-state index contributed by atoms with van der Waals surface area (Å²) >= 11 is 0. The van der Waals surface area contributed by atoms with Gasteiger partial charge in [-0.25, -0.2) is 0 Å². The third kappa shape index (κ3) is 3.96. The summed E-state index contributed by atoms with van der Waals surface area (Å²) in [6, 6.07) is 14.5. The zero-order valence-corrected chi connectivity index (χ0v) is 16.2. The molecule has 0 atom stereocenters. The first kappa shape index (κ1) is 19.4. The first-order valence-electron chi connectivity index (χ1n) is 9.23. The Bertz CT molecular complexity index is 944. The molecule has 3 amide bonds. The quantitative estimate of drug-likeness (QED) is 0.755. The van der Waals surface area contributed by atoms with Gasteiger partial charge >= 0.3 is 0 Å². The molecule has 2 aromatic carbocycles. The molecule has 1 heterocycles. The highest BCUT2D eigenvalue weighted by atomic mass is 16.2. The Hall–Kier alpha value is -3.41. The third-order valence-electron chi connectivity index (χ3n) is 4.43. The Morgan fingerprint density at radius 3 is 2.11 bits per heavy atom. The molecule has 28 heavy (non-hydrogen) atoms.